The highest BCUT2D eigenvalue weighted by atomic mass is 32.2. The van der Waals surface area contributed by atoms with Crippen molar-refractivity contribution in [3.05, 3.63) is 29.6 Å². The molecule has 0 saturated carbocycles. The van der Waals surface area contributed by atoms with Crippen molar-refractivity contribution in [3.63, 3.8) is 0 Å². The SMILES string of the molecule is CCS(=O)(=O)c1csc2c(N3CCOC[C@H]3C)nc(-n3c(NC)nc4ccccc43)nc12. The van der Waals surface area contributed by atoms with Crippen molar-refractivity contribution < 1.29 is 13.2 Å². The zero-order chi connectivity index (χ0) is 22.5. The van der Waals surface area contributed by atoms with Crippen LogP contribution in [-0.4, -0.2) is 66.5 Å². The molecule has 1 N–H and O–H groups in total. The monoisotopic (exact) mass is 472 g/mol. The van der Waals surface area contributed by atoms with Crippen LogP contribution in [0, 0.1) is 0 Å². The number of nitrogens with one attached hydrogen (secondary N) is 1. The average Bonchev–Trinajstić information content (AvgIpc) is 3.40. The average molecular weight is 473 g/mol. The molecule has 0 bridgehead atoms. The third-order valence-corrected chi connectivity index (χ3v) is 8.55. The van der Waals surface area contributed by atoms with Crippen molar-refractivity contribution in [2.75, 3.05) is 42.8 Å². The summed E-state index contributed by atoms with van der Waals surface area (Å²) in [6.45, 7) is 5.57. The van der Waals surface area contributed by atoms with Crippen LogP contribution in [0.15, 0.2) is 34.5 Å². The minimum Gasteiger partial charge on any atom is -0.377 e. The minimum absolute atomic E-state index is 0.0111. The Labute approximate surface area is 190 Å². The van der Waals surface area contributed by atoms with Crippen LogP contribution in [0.4, 0.5) is 11.8 Å². The number of rotatable bonds is 5. The number of hydrogen-bond acceptors (Lipinski definition) is 9. The second-order valence-corrected chi connectivity index (χ2v) is 10.8. The van der Waals surface area contributed by atoms with E-state index in [1.165, 1.54) is 11.3 Å². The molecule has 168 valence electrons. The van der Waals surface area contributed by atoms with Crippen LogP contribution < -0.4 is 10.2 Å². The fourth-order valence-corrected chi connectivity index (χ4v) is 6.40. The van der Waals surface area contributed by atoms with Crippen LogP contribution in [0.3, 0.4) is 0 Å². The number of hydrogen-bond donors (Lipinski definition) is 1. The van der Waals surface area contributed by atoms with Gasteiger partial charge in [0.15, 0.2) is 15.7 Å². The van der Waals surface area contributed by atoms with Crippen molar-refractivity contribution in [2.45, 2.75) is 24.8 Å². The molecule has 0 unspecified atom stereocenters. The molecule has 0 aliphatic carbocycles. The largest absolute Gasteiger partial charge is 0.377 e. The number of imidazole rings is 1. The number of sulfone groups is 1. The van der Waals surface area contributed by atoms with E-state index in [0.29, 0.717) is 37.2 Å². The second kappa shape index (κ2) is 7.98. The second-order valence-electron chi connectivity index (χ2n) is 7.66. The van der Waals surface area contributed by atoms with Crippen LogP contribution in [0.2, 0.25) is 0 Å². The van der Waals surface area contributed by atoms with Gasteiger partial charge < -0.3 is 15.0 Å². The number of nitrogens with zero attached hydrogens (tertiary/aromatic N) is 5. The Balaban J connectivity index is 1.84. The maximum absolute atomic E-state index is 12.8. The lowest BCUT2D eigenvalue weighted by Gasteiger charge is -2.34. The summed E-state index contributed by atoms with van der Waals surface area (Å²) in [6.07, 6.45) is 0. The van der Waals surface area contributed by atoms with E-state index in [9.17, 15) is 8.42 Å². The number of ether oxygens (including phenoxy) is 1. The van der Waals surface area contributed by atoms with E-state index >= 15 is 0 Å². The number of para-hydroxylation sites is 2. The van der Waals surface area contributed by atoms with Gasteiger partial charge in [-0.15, -0.1) is 11.3 Å². The molecule has 1 aromatic carbocycles. The Morgan fingerprint density at radius 3 is 2.81 bits per heavy atom. The zero-order valence-corrected chi connectivity index (χ0v) is 19.7. The normalized spacial score (nSPS) is 17.3. The van der Waals surface area contributed by atoms with Gasteiger partial charge in [-0.05, 0) is 19.1 Å². The molecule has 0 radical (unpaired) electrons. The number of thiophene rings is 1. The molecule has 0 amide bonds. The van der Waals surface area contributed by atoms with E-state index in [0.717, 1.165) is 21.6 Å². The first-order valence-corrected chi connectivity index (χ1v) is 13.0. The van der Waals surface area contributed by atoms with Gasteiger partial charge in [-0.25, -0.2) is 23.0 Å². The third kappa shape index (κ3) is 3.31. The fraction of sp³-hybridized carbons (Fsp3) is 0.381. The summed E-state index contributed by atoms with van der Waals surface area (Å²) in [5.74, 6) is 1.71. The minimum atomic E-state index is -3.45. The fourth-order valence-electron chi connectivity index (χ4n) is 3.98. The summed E-state index contributed by atoms with van der Waals surface area (Å²) >= 11 is 1.37. The highest BCUT2D eigenvalue weighted by Gasteiger charge is 2.28. The maximum Gasteiger partial charge on any atom is 0.239 e. The molecule has 4 aromatic rings. The summed E-state index contributed by atoms with van der Waals surface area (Å²) in [5, 5.41) is 4.79. The molecule has 1 atom stereocenters. The van der Waals surface area contributed by atoms with Gasteiger partial charge in [-0.3, -0.25) is 0 Å². The number of morpholine rings is 1. The lowest BCUT2D eigenvalue weighted by atomic mass is 10.2. The van der Waals surface area contributed by atoms with E-state index < -0.39 is 9.84 Å². The summed E-state index contributed by atoms with van der Waals surface area (Å²) in [5.41, 5.74) is 2.09. The summed E-state index contributed by atoms with van der Waals surface area (Å²) in [6, 6.07) is 7.83. The Morgan fingerprint density at radius 2 is 2.06 bits per heavy atom. The van der Waals surface area contributed by atoms with Crippen LogP contribution in [-0.2, 0) is 14.6 Å². The first kappa shape index (κ1) is 21.1. The molecule has 9 nitrogen and oxygen atoms in total. The first-order chi connectivity index (χ1) is 15.4. The topological polar surface area (TPSA) is 102 Å². The predicted molar refractivity (Wildman–Crippen MR) is 127 cm³/mol. The molecule has 1 fully saturated rings. The van der Waals surface area contributed by atoms with Gasteiger partial charge in [0.05, 0.1) is 40.7 Å². The van der Waals surface area contributed by atoms with Crippen LogP contribution in [0.5, 0.6) is 0 Å². The van der Waals surface area contributed by atoms with Gasteiger partial charge in [0.25, 0.3) is 0 Å². The summed E-state index contributed by atoms with van der Waals surface area (Å²) in [7, 11) is -1.66. The third-order valence-electron chi connectivity index (χ3n) is 5.69. The number of fused-ring (bicyclic) bond motifs is 2. The van der Waals surface area contributed by atoms with Gasteiger partial charge >= 0.3 is 0 Å². The molecule has 0 spiro atoms. The molecule has 1 aliphatic rings. The molecule has 1 saturated heterocycles. The highest BCUT2D eigenvalue weighted by molar-refractivity contribution is 7.91. The number of benzene rings is 1. The molecule has 32 heavy (non-hydrogen) atoms. The van der Waals surface area contributed by atoms with Crippen LogP contribution in [0.1, 0.15) is 13.8 Å². The molecular weight excluding hydrogens is 448 g/mol. The maximum atomic E-state index is 12.8. The van der Waals surface area contributed by atoms with E-state index in [1.54, 1.807) is 19.4 Å². The first-order valence-electron chi connectivity index (χ1n) is 10.5. The predicted octanol–water partition coefficient (Wildman–Crippen LogP) is 3.09. The Morgan fingerprint density at radius 1 is 1.25 bits per heavy atom. The Hall–Kier alpha value is -2.76. The molecule has 1 aliphatic heterocycles. The van der Waals surface area contributed by atoms with Gasteiger partial charge in [-0.1, -0.05) is 19.1 Å². The van der Waals surface area contributed by atoms with E-state index in [1.807, 2.05) is 28.8 Å². The summed E-state index contributed by atoms with van der Waals surface area (Å²) in [4.78, 5) is 16.8. The van der Waals surface area contributed by atoms with Gasteiger partial charge in [0.2, 0.25) is 11.9 Å². The van der Waals surface area contributed by atoms with Crippen LogP contribution in [0.25, 0.3) is 27.2 Å². The number of aromatic nitrogens is 4. The lowest BCUT2D eigenvalue weighted by Crippen LogP contribution is -2.44. The molecule has 11 heteroatoms. The molecular formula is C21H24N6O3S2. The van der Waals surface area contributed by atoms with Crippen molar-refractivity contribution >= 4 is 54.2 Å². The molecule has 5 rings (SSSR count). The standard InChI is InChI=1S/C21H24N6O3S2/c1-4-32(28,29)16-12-31-18-17(16)24-21(25-19(18)26-9-10-30-11-13(26)2)27-15-8-6-5-7-14(15)23-20(27)22-3/h5-8,12-13H,4,9-11H2,1-3H3,(H,22,23)/t13-/m1/s1. The van der Waals surface area contributed by atoms with Crippen molar-refractivity contribution in [2.24, 2.45) is 0 Å². The summed E-state index contributed by atoms with van der Waals surface area (Å²) < 4.78 is 33.9. The van der Waals surface area contributed by atoms with Crippen molar-refractivity contribution in [1.82, 2.24) is 19.5 Å². The van der Waals surface area contributed by atoms with Crippen LogP contribution >= 0.6 is 11.3 Å². The van der Waals surface area contributed by atoms with E-state index in [4.69, 9.17) is 14.7 Å². The lowest BCUT2D eigenvalue weighted by molar-refractivity contribution is 0.0987. The molecule has 4 heterocycles. The number of anilines is 2. The molecule has 3 aromatic heterocycles. The van der Waals surface area contributed by atoms with Crippen molar-refractivity contribution in [3.8, 4) is 5.95 Å². The van der Waals surface area contributed by atoms with E-state index in [2.05, 4.69) is 22.1 Å². The Bertz CT molecular complexity index is 1410. The smallest absolute Gasteiger partial charge is 0.239 e. The quantitative estimate of drug-likeness (QED) is 0.473. The zero-order valence-electron chi connectivity index (χ0n) is 18.1. The van der Waals surface area contributed by atoms with Gasteiger partial charge in [0.1, 0.15) is 10.4 Å². The van der Waals surface area contributed by atoms with Gasteiger partial charge in [-0.2, -0.15) is 4.98 Å². The highest BCUT2D eigenvalue weighted by Crippen LogP contribution is 2.37. The van der Waals surface area contributed by atoms with E-state index in [-0.39, 0.29) is 16.7 Å². The van der Waals surface area contributed by atoms with Gasteiger partial charge in [0, 0.05) is 19.0 Å². The van der Waals surface area contributed by atoms with Crippen molar-refractivity contribution in [1.29, 1.82) is 0 Å². The Kier molecular flexibility index (Phi) is 5.26.